The van der Waals surface area contributed by atoms with Crippen molar-refractivity contribution in [3.05, 3.63) is 51.5 Å². The number of amides is 2. The number of carbonyl (C=O) groups excluding carboxylic acids is 2. The van der Waals surface area contributed by atoms with E-state index in [4.69, 9.17) is 27.9 Å². The average molecular weight is 564 g/mol. The van der Waals surface area contributed by atoms with Crippen LogP contribution in [0.3, 0.4) is 0 Å². The second-order valence-electron chi connectivity index (χ2n) is 9.84. The van der Waals surface area contributed by atoms with Gasteiger partial charge >= 0.3 is 0 Å². The van der Waals surface area contributed by atoms with Crippen molar-refractivity contribution in [3.8, 4) is 11.5 Å². The van der Waals surface area contributed by atoms with Crippen molar-refractivity contribution in [2.45, 2.75) is 57.5 Å². The Morgan fingerprint density at radius 2 is 1.87 bits per heavy atom. The highest BCUT2D eigenvalue weighted by Gasteiger charge is 2.25. The molecule has 2 aliphatic rings. The summed E-state index contributed by atoms with van der Waals surface area (Å²) < 4.78 is 5.57. The van der Waals surface area contributed by atoms with Gasteiger partial charge in [-0.05, 0) is 55.1 Å². The Bertz CT molecular complexity index is 1120. The van der Waals surface area contributed by atoms with Crippen molar-refractivity contribution in [2.75, 3.05) is 38.1 Å². The number of benzene rings is 2. The van der Waals surface area contributed by atoms with E-state index in [2.05, 4.69) is 20.9 Å². The summed E-state index contributed by atoms with van der Waals surface area (Å²) >= 11 is 12.1. The van der Waals surface area contributed by atoms with Gasteiger partial charge in [0.2, 0.25) is 5.91 Å². The maximum Gasteiger partial charge on any atom is 0.262 e. The number of phenolic OH excluding ortho intramolecular Hbond substituents is 1. The van der Waals surface area contributed by atoms with Crippen LogP contribution in [0.1, 0.15) is 49.7 Å². The quantitative estimate of drug-likeness (QED) is 0.224. The molecule has 1 aliphatic heterocycles. The van der Waals surface area contributed by atoms with Gasteiger partial charge in [0.05, 0.1) is 10.0 Å². The molecule has 0 bridgehead atoms. The minimum atomic E-state index is -0.278. The Labute approximate surface area is 234 Å². The van der Waals surface area contributed by atoms with Crippen molar-refractivity contribution in [2.24, 2.45) is 0 Å². The lowest BCUT2D eigenvalue weighted by atomic mass is 9.94. The zero-order valence-corrected chi connectivity index (χ0v) is 23.0. The van der Waals surface area contributed by atoms with Gasteiger partial charge in [-0.1, -0.05) is 54.6 Å². The predicted octanol–water partition coefficient (Wildman–Crippen LogP) is 4.50. The van der Waals surface area contributed by atoms with E-state index in [1.807, 2.05) is 18.2 Å². The van der Waals surface area contributed by atoms with E-state index in [-0.39, 0.29) is 24.2 Å². The zero-order chi connectivity index (χ0) is 26.9. The van der Waals surface area contributed by atoms with Gasteiger partial charge in [0.25, 0.3) is 5.91 Å². The number of anilines is 1. The highest BCUT2D eigenvalue weighted by molar-refractivity contribution is 6.42. The van der Waals surface area contributed by atoms with Crippen LogP contribution in [-0.4, -0.2) is 60.6 Å². The van der Waals surface area contributed by atoms with Gasteiger partial charge in [-0.15, -0.1) is 0 Å². The number of rotatable bonds is 12. The van der Waals surface area contributed by atoms with Gasteiger partial charge in [0, 0.05) is 38.6 Å². The molecule has 2 amide bonds. The minimum Gasteiger partial charge on any atom is -0.506 e. The number of phenols is 1. The van der Waals surface area contributed by atoms with Gasteiger partial charge in [-0.25, -0.2) is 0 Å². The summed E-state index contributed by atoms with van der Waals surface area (Å²) in [5.74, 6) is 0.425. The number of nitrogens with one attached hydrogen (secondary N) is 3. The molecule has 1 aliphatic carbocycles. The van der Waals surface area contributed by atoms with Crippen molar-refractivity contribution < 1.29 is 19.4 Å². The number of halogens is 2. The first-order valence-electron chi connectivity index (χ1n) is 13.3. The molecule has 1 fully saturated rings. The molecule has 8 nitrogen and oxygen atoms in total. The van der Waals surface area contributed by atoms with Crippen LogP contribution in [0.4, 0.5) is 5.69 Å². The molecule has 4 rings (SSSR count). The van der Waals surface area contributed by atoms with Crippen molar-refractivity contribution in [1.29, 1.82) is 0 Å². The fourth-order valence-corrected chi connectivity index (χ4v) is 5.40. The smallest absolute Gasteiger partial charge is 0.262 e. The standard InChI is InChI=1S/C28H36Cl2N4O4/c29-22-8-6-19(16-23(22)30)17-32-13-11-26(37)34(21-4-2-1-3-5-21)15-14-31-12-10-20-7-9-24(35)27-28(20)38-18-25(36)33-27/h6-9,16,21,31-32,35H,1-5,10-15,17-18H2,(H,33,36). The summed E-state index contributed by atoms with van der Waals surface area (Å²) in [7, 11) is 0. The molecular formula is C28H36Cl2N4O4. The van der Waals surface area contributed by atoms with Gasteiger partial charge in [0.1, 0.15) is 11.4 Å². The molecular weight excluding hydrogens is 527 g/mol. The van der Waals surface area contributed by atoms with Crippen LogP contribution >= 0.6 is 23.2 Å². The molecule has 1 heterocycles. The number of fused-ring (bicyclic) bond motifs is 1. The Hall–Kier alpha value is -2.52. The summed E-state index contributed by atoms with van der Waals surface area (Å²) in [5.41, 5.74) is 2.28. The molecule has 2 aromatic carbocycles. The summed E-state index contributed by atoms with van der Waals surface area (Å²) in [5, 5.41) is 20.6. The highest BCUT2D eigenvalue weighted by Crippen LogP contribution is 2.39. The SMILES string of the molecule is O=C1COc2c(CCNCCN(C(=O)CCNCc3ccc(Cl)c(Cl)c3)C3CCCCC3)ccc(O)c2N1. The summed E-state index contributed by atoms with van der Waals surface area (Å²) in [6.07, 6.45) is 6.81. The number of hydrogen-bond acceptors (Lipinski definition) is 6. The lowest BCUT2D eigenvalue weighted by Gasteiger charge is -2.34. The third kappa shape index (κ3) is 7.76. The molecule has 1 saturated carbocycles. The maximum atomic E-state index is 13.2. The van der Waals surface area contributed by atoms with Crippen molar-refractivity contribution >= 4 is 40.7 Å². The number of aromatic hydroxyl groups is 1. The summed E-state index contributed by atoms with van der Waals surface area (Å²) in [4.78, 5) is 26.9. The van der Waals surface area contributed by atoms with Crippen LogP contribution in [0.25, 0.3) is 0 Å². The van der Waals surface area contributed by atoms with Crippen LogP contribution in [0.2, 0.25) is 10.0 Å². The van der Waals surface area contributed by atoms with E-state index < -0.39 is 0 Å². The van der Waals surface area contributed by atoms with Crippen LogP contribution in [0, 0.1) is 0 Å². The molecule has 0 atom stereocenters. The number of hydrogen-bond donors (Lipinski definition) is 4. The maximum absolute atomic E-state index is 13.2. The molecule has 0 saturated heterocycles. The monoisotopic (exact) mass is 562 g/mol. The molecule has 0 radical (unpaired) electrons. The van der Waals surface area contributed by atoms with E-state index >= 15 is 0 Å². The van der Waals surface area contributed by atoms with Crippen molar-refractivity contribution in [1.82, 2.24) is 15.5 Å². The number of ether oxygens (including phenoxy) is 1. The predicted molar refractivity (Wildman–Crippen MR) is 150 cm³/mol. The Balaban J connectivity index is 1.24. The Morgan fingerprint density at radius 3 is 2.66 bits per heavy atom. The second-order valence-corrected chi connectivity index (χ2v) is 10.7. The molecule has 0 unspecified atom stereocenters. The zero-order valence-electron chi connectivity index (χ0n) is 21.5. The van der Waals surface area contributed by atoms with E-state index in [1.165, 1.54) is 19.3 Å². The summed E-state index contributed by atoms with van der Waals surface area (Å²) in [6.45, 7) is 3.21. The normalized spacial score (nSPS) is 15.5. The first-order valence-corrected chi connectivity index (χ1v) is 14.1. The lowest BCUT2D eigenvalue weighted by molar-refractivity contribution is -0.134. The molecule has 2 aromatic rings. The van der Waals surface area contributed by atoms with E-state index in [0.29, 0.717) is 73.1 Å². The first kappa shape index (κ1) is 28.5. The van der Waals surface area contributed by atoms with E-state index in [1.54, 1.807) is 12.1 Å². The van der Waals surface area contributed by atoms with Gasteiger partial charge < -0.3 is 30.7 Å². The molecule has 4 N–H and O–H groups in total. The number of carbonyl (C=O) groups is 2. The Kier molecular flexibility index (Phi) is 10.5. The van der Waals surface area contributed by atoms with Crippen molar-refractivity contribution in [3.63, 3.8) is 0 Å². The second kappa shape index (κ2) is 14.0. The molecule has 206 valence electrons. The fraction of sp³-hybridized carbons (Fsp3) is 0.500. The lowest BCUT2D eigenvalue weighted by Crippen LogP contribution is -2.45. The van der Waals surface area contributed by atoms with Crippen LogP contribution in [-0.2, 0) is 22.6 Å². The third-order valence-electron chi connectivity index (χ3n) is 7.09. The van der Waals surface area contributed by atoms with Crippen LogP contribution in [0.15, 0.2) is 30.3 Å². The van der Waals surface area contributed by atoms with E-state index in [0.717, 1.165) is 24.0 Å². The topological polar surface area (TPSA) is 103 Å². The highest BCUT2D eigenvalue weighted by atomic mass is 35.5. The fourth-order valence-electron chi connectivity index (χ4n) is 5.08. The van der Waals surface area contributed by atoms with Gasteiger partial charge in [-0.2, -0.15) is 0 Å². The van der Waals surface area contributed by atoms with Crippen LogP contribution in [0.5, 0.6) is 11.5 Å². The Morgan fingerprint density at radius 1 is 1.05 bits per heavy atom. The molecule has 0 aromatic heterocycles. The largest absolute Gasteiger partial charge is 0.506 e. The molecule has 38 heavy (non-hydrogen) atoms. The average Bonchev–Trinajstić information content (AvgIpc) is 2.92. The minimum absolute atomic E-state index is 0.00199. The number of nitrogens with zero attached hydrogens (tertiary/aromatic N) is 1. The van der Waals surface area contributed by atoms with Crippen LogP contribution < -0.4 is 20.7 Å². The van der Waals surface area contributed by atoms with E-state index in [9.17, 15) is 14.7 Å². The third-order valence-corrected chi connectivity index (χ3v) is 7.83. The molecule has 10 heteroatoms. The van der Waals surface area contributed by atoms with Gasteiger partial charge in [0.15, 0.2) is 12.4 Å². The van der Waals surface area contributed by atoms with Gasteiger partial charge in [-0.3, -0.25) is 9.59 Å². The molecule has 0 spiro atoms. The first-order chi connectivity index (χ1) is 18.4. The summed E-state index contributed by atoms with van der Waals surface area (Å²) in [6, 6.07) is 9.24.